The van der Waals surface area contributed by atoms with Gasteiger partial charge in [0, 0.05) is 6.04 Å². The predicted octanol–water partition coefficient (Wildman–Crippen LogP) is 2.46. The van der Waals surface area contributed by atoms with E-state index in [2.05, 4.69) is 25.1 Å². The summed E-state index contributed by atoms with van der Waals surface area (Å²) in [5, 5.41) is 0. The van der Waals surface area contributed by atoms with Crippen LogP contribution in [0.3, 0.4) is 0 Å². The van der Waals surface area contributed by atoms with Gasteiger partial charge in [0.25, 0.3) is 0 Å². The molecule has 14 heavy (non-hydrogen) atoms. The van der Waals surface area contributed by atoms with E-state index in [1.54, 1.807) is 11.1 Å². The molecule has 0 amide bonds. The Hall–Kier alpha value is -0.820. The van der Waals surface area contributed by atoms with Gasteiger partial charge < -0.3 is 5.73 Å². The monoisotopic (exact) mass is 189 g/mol. The van der Waals surface area contributed by atoms with Crippen molar-refractivity contribution < 1.29 is 0 Å². The minimum absolute atomic E-state index is 0.326. The number of hydrogen-bond donors (Lipinski definition) is 1. The molecule has 1 atom stereocenters. The summed E-state index contributed by atoms with van der Waals surface area (Å²) in [6, 6.07) is 7.07. The van der Waals surface area contributed by atoms with Gasteiger partial charge in [-0.15, -0.1) is 0 Å². The summed E-state index contributed by atoms with van der Waals surface area (Å²) >= 11 is 0. The molecule has 2 rings (SSSR count). The van der Waals surface area contributed by atoms with Crippen molar-refractivity contribution in [3.63, 3.8) is 0 Å². The lowest BCUT2D eigenvalue weighted by Gasteiger charge is -2.09. The fraction of sp³-hybridized carbons (Fsp3) is 0.538. The molecule has 0 bridgehead atoms. The van der Waals surface area contributed by atoms with E-state index >= 15 is 0 Å². The van der Waals surface area contributed by atoms with E-state index in [1.165, 1.54) is 24.8 Å². The predicted molar refractivity (Wildman–Crippen MR) is 60.4 cm³/mol. The van der Waals surface area contributed by atoms with Crippen LogP contribution in [0.5, 0.6) is 0 Å². The van der Waals surface area contributed by atoms with E-state index in [-0.39, 0.29) is 0 Å². The Morgan fingerprint density at radius 1 is 1.36 bits per heavy atom. The van der Waals surface area contributed by atoms with Crippen LogP contribution in [-0.4, -0.2) is 6.04 Å². The Labute approximate surface area is 86.3 Å². The Kier molecular flexibility index (Phi) is 2.87. The van der Waals surface area contributed by atoms with Crippen LogP contribution in [-0.2, 0) is 19.3 Å². The van der Waals surface area contributed by atoms with Crippen molar-refractivity contribution in [1.29, 1.82) is 0 Å². The maximum absolute atomic E-state index is 5.79. The first-order valence-electron chi connectivity index (χ1n) is 5.62. The molecule has 0 unspecified atom stereocenters. The van der Waals surface area contributed by atoms with Crippen molar-refractivity contribution in [2.75, 3.05) is 0 Å². The molecule has 1 aliphatic rings. The van der Waals surface area contributed by atoms with Gasteiger partial charge in [-0.3, -0.25) is 0 Å². The van der Waals surface area contributed by atoms with Crippen LogP contribution in [0.15, 0.2) is 18.2 Å². The average Bonchev–Trinajstić information content (AvgIpc) is 2.62. The Morgan fingerprint density at radius 3 is 3.00 bits per heavy atom. The number of hydrogen-bond acceptors (Lipinski definition) is 1. The summed E-state index contributed by atoms with van der Waals surface area (Å²) < 4.78 is 0. The largest absolute Gasteiger partial charge is 0.328 e. The molecular weight excluding hydrogens is 170 g/mol. The quantitative estimate of drug-likeness (QED) is 0.776. The van der Waals surface area contributed by atoms with Crippen LogP contribution in [0.1, 0.15) is 36.5 Å². The highest BCUT2D eigenvalue weighted by Crippen LogP contribution is 2.26. The highest BCUT2D eigenvalue weighted by atomic mass is 14.6. The minimum atomic E-state index is 0.326. The first-order valence-corrected chi connectivity index (χ1v) is 5.62. The Bertz CT molecular complexity index is 315. The molecule has 0 fully saturated rings. The SMILES string of the molecule is C[C@H](N)CCc1cccc2c1CCC2. The molecule has 1 heteroatoms. The molecule has 0 radical (unpaired) electrons. The maximum atomic E-state index is 5.79. The number of rotatable bonds is 3. The lowest BCUT2D eigenvalue weighted by molar-refractivity contribution is 0.663. The summed E-state index contributed by atoms with van der Waals surface area (Å²) in [5.41, 5.74) is 10.5. The first kappa shape index (κ1) is 9.72. The van der Waals surface area contributed by atoms with Crippen LogP contribution in [0.25, 0.3) is 0 Å². The Morgan fingerprint density at radius 2 is 2.21 bits per heavy atom. The van der Waals surface area contributed by atoms with Gasteiger partial charge in [0.1, 0.15) is 0 Å². The zero-order valence-corrected chi connectivity index (χ0v) is 8.92. The standard InChI is InChI=1S/C13H19N/c1-10(14)8-9-12-5-2-4-11-6-3-7-13(11)12/h2,4-5,10H,3,6-9,14H2,1H3/t10-/m0/s1. The first-order chi connectivity index (χ1) is 6.77. The minimum Gasteiger partial charge on any atom is -0.328 e. The summed E-state index contributed by atoms with van der Waals surface area (Å²) in [4.78, 5) is 0. The van der Waals surface area contributed by atoms with Crippen molar-refractivity contribution >= 4 is 0 Å². The van der Waals surface area contributed by atoms with Crippen LogP contribution in [0.2, 0.25) is 0 Å². The molecule has 1 aliphatic carbocycles. The third kappa shape index (κ3) is 1.98. The van der Waals surface area contributed by atoms with Crippen molar-refractivity contribution in [3.05, 3.63) is 34.9 Å². The zero-order chi connectivity index (χ0) is 9.97. The summed E-state index contributed by atoms with van der Waals surface area (Å²) in [6.45, 7) is 2.09. The molecule has 0 heterocycles. The van der Waals surface area contributed by atoms with Gasteiger partial charge in [-0.2, -0.15) is 0 Å². The van der Waals surface area contributed by atoms with E-state index in [1.807, 2.05) is 0 Å². The molecule has 2 N–H and O–H groups in total. The van der Waals surface area contributed by atoms with E-state index in [4.69, 9.17) is 5.73 Å². The molecule has 0 spiro atoms. The van der Waals surface area contributed by atoms with Crippen molar-refractivity contribution in [3.8, 4) is 0 Å². The molecule has 1 aromatic rings. The van der Waals surface area contributed by atoms with Crippen molar-refractivity contribution in [2.45, 2.75) is 45.1 Å². The molecule has 1 nitrogen and oxygen atoms in total. The van der Waals surface area contributed by atoms with Crippen LogP contribution >= 0.6 is 0 Å². The number of fused-ring (bicyclic) bond motifs is 1. The zero-order valence-electron chi connectivity index (χ0n) is 8.92. The highest BCUT2D eigenvalue weighted by molar-refractivity contribution is 5.38. The maximum Gasteiger partial charge on any atom is 0.00136 e. The smallest absolute Gasteiger partial charge is 0.00136 e. The van der Waals surface area contributed by atoms with Gasteiger partial charge in [-0.1, -0.05) is 18.2 Å². The molecule has 0 aromatic heterocycles. The van der Waals surface area contributed by atoms with Crippen LogP contribution in [0.4, 0.5) is 0 Å². The van der Waals surface area contributed by atoms with Crippen molar-refractivity contribution in [2.24, 2.45) is 5.73 Å². The normalized spacial score (nSPS) is 16.7. The second kappa shape index (κ2) is 4.14. The van der Waals surface area contributed by atoms with Gasteiger partial charge in [0.05, 0.1) is 0 Å². The second-order valence-electron chi connectivity index (χ2n) is 4.42. The van der Waals surface area contributed by atoms with Gasteiger partial charge in [-0.05, 0) is 55.7 Å². The fourth-order valence-electron chi connectivity index (χ4n) is 2.32. The van der Waals surface area contributed by atoms with Crippen LogP contribution < -0.4 is 5.73 Å². The number of aryl methyl sites for hydroxylation is 2. The summed E-state index contributed by atoms with van der Waals surface area (Å²) in [6.07, 6.45) is 6.16. The number of nitrogens with two attached hydrogens (primary N) is 1. The second-order valence-corrected chi connectivity index (χ2v) is 4.42. The lowest BCUT2D eigenvalue weighted by atomic mass is 9.98. The van der Waals surface area contributed by atoms with E-state index in [0.29, 0.717) is 6.04 Å². The van der Waals surface area contributed by atoms with Crippen LogP contribution in [0, 0.1) is 0 Å². The van der Waals surface area contributed by atoms with E-state index in [9.17, 15) is 0 Å². The van der Waals surface area contributed by atoms with E-state index < -0.39 is 0 Å². The summed E-state index contributed by atoms with van der Waals surface area (Å²) in [5.74, 6) is 0. The topological polar surface area (TPSA) is 26.0 Å². The number of benzene rings is 1. The third-order valence-electron chi connectivity index (χ3n) is 3.11. The van der Waals surface area contributed by atoms with E-state index in [0.717, 1.165) is 12.8 Å². The molecule has 0 aliphatic heterocycles. The van der Waals surface area contributed by atoms with Gasteiger partial charge in [0.2, 0.25) is 0 Å². The average molecular weight is 189 g/mol. The van der Waals surface area contributed by atoms with Gasteiger partial charge in [-0.25, -0.2) is 0 Å². The lowest BCUT2D eigenvalue weighted by Crippen LogP contribution is -2.15. The molecule has 1 aromatic carbocycles. The van der Waals surface area contributed by atoms with Gasteiger partial charge >= 0.3 is 0 Å². The fourth-order valence-corrected chi connectivity index (χ4v) is 2.32. The molecule has 0 saturated carbocycles. The van der Waals surface area contributed by atoms with Gasteiger partial charge in [0.15, 0.2) is 0 Å². The summed E-state index contributed by atoms with van der Waals surface area (Å²) in [7, 11) is 0. The molecular formula is C13H19N. The molecule has 76 valence electrons. The van der Waals surface area contributed by atoms with Crippen molar-refractivity contribution in [1.82, 2.24) is 0 Å². The molecule has 0 saturated heterocycles. The third-order valence-corrected chi connectivity index (χ3v) is 3.11. The Balaban J connectivity index is 2.14. The highest BCUT2D eigenvalue weighted by Gasteiger charge is 2.13.